The van der Waals surface area contributed by atoms with E-state index in [1.165, 1.54) is 18.2 Å². The second kappa shape index (κ2) is 12.6. The Hall–Kier alpha value is -2.81. The number of H-pyrrole nitrogens is 1. The molecular formula is C26H32F2N2O4. The van der Waals surface area contributed by atoms with Crippen LogP contribution in [0.1, 0.15) is 42.9 Å². The number of pyridine rings is 1. The van der Waals surface area contributed by atoms with Crippen LogP contribution in [0.3, 0.4) is 0 Å². The fourth-order valence-corrected chi connectivity index (χ4v) is 3.87. The summed E-state index contributed by atoms with van der Waals surface area (Å²) in [5.41, 5.74) is 0.977. The summed E-state index contributed by atoms with van der Waals surface area (Å²) in [7, 11) is 1.62. The molecule has 2 aromatic carbocycles. The number of rotatable bonds is 14. The Labute approximate surface area is 197 Å². The second-order valence-electron chi connectivity index (χ2n) is 8.25. The smallest absolute Gasteiger partial charge is 0.296 e. The zero-order chi connectivity index (χ0) is 24.4. The van der Waals surface area contributed by atoms with E-state index in [9.17, 15) is 18.7 Å². The molecule has 3 rings (SSSR count). The van der Waals surface area contributed by atoms with Crippen LogP contribution in [0.4, 0.5) is 8.78 Å². The lowest BCUT2D eigenvalue weighted by atomic mass is 10.0. The number of unbranched alkanes of at least 4 members (excludes halogenated alkanes) is 3. The first-order valence-electron chi connectivity index (χ1n) is 11.5. The minimum atomic E-state index is -2.97. The van der Waals surface area contributed by atoms with Gasteiger partial charge >= 0.3 is 0 Å². The van der Waals surface area contributed by atoms with E-state index in [1.54, 1.807) is 43.5 Å². The number of phenolic OH excluding ortho intramolecular Hbond substituents is 1. The molecule has 1 atom stereocenters. The molecule has 0 radical (unpaired) electrons. The number of phenols is 1. The van der Waals surface area contributed by atoms with Crippen LogP contribution in [0.2, 0.25) is 0 Å². The number of alkyl halides is 2. The summed E-state index contributed by atoms with van der Waals surface area (Å²) in [6.45, 7) is 1.08. The van der Waals surface area contributed by atoms with E-state index in [-0.39, 0.29) is 23.0 Å². The van der Waals surface area contributed by atoms with Gasteiger partial charge in [0.15, 0.2) is 0 Å². The Morgan fingerprint density at radius 3 is 2.56 bits per heavy atom. The largest absolute Gasteiger partial charge is 0.506 e. The average Bonchev–Trinajstić information content (AvgIpc) is 2.84. The number of halogens is 2. The highest BCUT2D eigenvalue weighted by molar-refractivity contribution is 5.87. The third-order valence-corrected chi connectivity index (χ3v) is 5.74. The minimum absolute atomic E-state index is 0.0204. The van der Waals surface area contributed by atoms with Gasteiger partial charge in [0.1, 0.15) is 12.4 Å². The number of hydrogen-bond donors (Lipinski definition) is 3. The van der Waals surface area contributed by atoms with Crippen LogP contribution in [-0.2, 0) is 15.4 Å². The lowest BCUT2D eigenvalue weighted by molar-refractivity contribution is -0.0831. The van der Waals surface area contributed by atoms with Crippen molar-refractivity contribution in [2.45, 2.75) is 37.7 Å². The van der Waals surface area contributed by atoms with E-state index >= 15 is 0 Å². The molecule has 34 heavy (non-hydrogen) atoms. The molecule has 1 aromatic heterocycles. The molecule has 3 N–H and O–H groups in total. The Kier molecular flexibility index (Phi) is 9.56. The number of aromatic hydroxyl groups is 1. The molecule has 0 saturated heterocycles. The molecule has 0 unspecified atom stereocenters. The van der Waals surface area contributed by atoms with Crippen molar-refractivity contribution in [2.24, 2.45) is 0 Å². The number of nitrogens with one attached hydrogen (secondary N) is 2. The normalized spacial score (nSPS) is 12.8. The summed E-state index contributed by atoms with van der Waals surface area (Å²) in [5.74, 6) is -2.95. The van der Waals surface area contributed by atoms with Gasteiger partial charge < -0.3 is 24.9 Å². The Morgan fingerprint density at radius 1 is 1.03 bits per heavy atom. The number of methoxy groups -OCH3 is 1. The van der Waals surface area contributed by atoms with Crippen molar-refractivity contribution < 1.29 is 23.4 Å². The Bertz CT molecular complexity index is 1090. The number of aromatic amines is 1. The molecule has 0 amide bonds. The van der Waals surface area contributed by atoms with E-state index in [1.807, 2.05) is 0 Å². The van der Waals surface area contributed by atoms with Gasteiger partial charge in [-0.25, -0.2) is 0 Å². The molecule has 1 heterocycles. The molecular weight excluding hydrogens is 442 g/mol. The van der Waals surface area contributed by atoms with Crippen LogP contribution in [0, 0.1) is 0 Å². The van der Waals surface area contributed by atoms with Crippen LogP contribution >= 0.6 is 0 Å². The third-order valence-electron chi connectivity index (χ3n) is 5.74. The van der Waals surface area contributed by atoms with Crippen LogP contribution < -0.4 is 10.9 Å². The predicted molar refractivity (Wildman–Crippen MR) is 128 cm³/mol. The first-order valence-corrected chi connectivity index (χ1v) is 11.5. The van der Waals surface area contributed by atoms with E-state index in [0.29, 0.717) is 18.7 Å². The van der Waals surface area contributed by atoms with Crippen molar-refractivity contribution in [1.82, 2.24) is 10.3 Å². The van der Waals surface area contributed by atoms with E-state index in [0.717, 1.165) is 43.2 Å². The third kappa shape index (κ3) is 7.09. The molecule has 3 aromatic rings. The maximum atomic E-state index is 14.0. The van der Waals surface area contributed by atoms with Gasteiger partial charge in [0, 0.05) is 37.3 Å². The maximum Gasteiger partial charge on any atom is 0.296 e. The van der Waals surface area contributed by atoms with Gasteiger partial charge in [0.2, 0.25) is 5.56 Å². The topological polar surface area (TPSA) is 83.6 Å². The Morgan fingerprint density at radius 2 is 1.79 bits per heavy atom. The summed E-state index contributed by atoms with van der Waals surface area (Å²) in [6.07, 6.45) is 3.31. The Balaban J connectivity index is 1.32. The molecule has 8 heteroatoms. The fraction of sp³-hybridized carbons (Fsp3) is 0.423. The molecule has 0 aliphatic carbocycles. The lowest BCUT2D eigenvalue weighted by Crippen LogP contribution is -2.24. The SMILES string of the molecule is CO[C@@H](CNCCCCCCOCC(F)(F)c1ccccc1)c1ccc(O)c2[nH]c(=O)ccc12. The number of benzene rings is 2. The maximum absolute atomic E-state index is 14.0. The zero-order valence-electron chi connectivity index (χ0n) is 19.4. The molecule has 0 saturated carbocycles. The highest BCUT2D eigenvalue weighted by atomic mass is 19.3. The number of hydrogen-bond acceptors (Lipinski definition) is 5. The standard InChI is InChI=1S/C26H32F2N2O4/c1-33-23(20-11-13-22(31)25-21(20)12-14-24(32)30-25)17-29-15-7-2-3-8-16-34-18-26(27,28)19-9-5-4-6-10-19/h4-6,9-14,23,29,31H,2-3,7-8,15-18H2,1H3,(H,30,32)/t23-/m0/s1. The van der Waals surface area contributed by atoms with Gasteiger partial charge in [-0.05, 0) is 37.1 Å². The molecule has 0 aliphatic heterocycles. The van der Waals surface area contributed by atoms with Crippen LogP contribution in [0.25, 0.3) is 10.9 Å². The quantitative estimate of drug-likeness (QED) is 0.290. The van der Waals surface area contributed by atoms with Crippen LogP contribution in [-0.4, -0.2) is 43.5 Å². The van der Waals surface area contributed by atoms with Crippen LogP contribution in [0.5, 0.6) is 5.75 Å². The van der Waals surface area contributed by atoms with Crippen LogP contribution in [0.15, 0.2) is 59.4 Å². The van der Waals surface area contributed by atoms with Gasteiger partial charge in [0.05, 0.1) is 11.6 Å². The molecule has 0 bridgehead atoms. The van der Waals surface area contributed by atoms with E-state index in [2.05, 4.69) is 10.3 Å². The summed E-state index contributed by atoms with van der Waals surface area (Å²) in [6, 6.07) is 14.2. The fourth-order valence-electron chi connectivity index (χ4n) is 3.87. The highest BCUT2D eigenvalue weighted by Gasteiger charge is 2.31. The predicted octanol–water partition coefficient (Wildman–Crippen LogP) is 4.88. The van der Waals surface area contributed by atoms with Gasteiger partial charge in [-0.3, -0.25) is 4.79 Å². The van der Waals surface area contributed by atoms with E-state index < -0.39 is 12.5 Å². The molecule has 6 nitrogen and oxygen atoms in total. The van der Waals surface area contributed by atoms with E-state index in [4.69, 9.17) is 9.47 Å². The van der Waals surface area contributed by atoms with Gasteiger partial charge in [0.25, 0.3) is 5.92 Å². The summed E-state index contributed by atoms with van der Waals surface area (Å²) in [4.78, 5) is 14.3. The molecule has 184 valence electrons. The average molecular weight is 475 g/mol. The highest BCUT2D eigenvalue weighted by Crippen LogP contribution is 2.30. The first-order chi connectivity index (χ1) is 16.4. The summed E-state index contributed by atoms with van der Waals surface area (Å²) >= 11 is 0. The van der Waals surface area contributed by atoms with Crippen molar-refractivity contribution in [2.75, 3.05) is 33.4 Å². The first kappa shape index (κ1) is 25.8. The second-order valence-corrected chi connectivity index (χ2v) is 8.25. The summed E-state index contributed by atoms with van der Waals surface area (Å²) < 4.78 is 38.9. The van der Waals surface area contributed by atoms with Crippen molar-refractivity contribution in [1.29, 1.82) is 0 Å². The zero-order valence-corrected chi connectivity index (χ0v) is 19.4. The lowest BCUT2D eigenvalue weighted by Gasteiger charge is -2.19. The van der Waals surface area contributed by atoms with Gasteiger partial charge in [-0.2, -0.15) is 8.78 Å². The minimum Gasteiger partial charge on any atom is -0.506 e. The molecule has 0 fully saturated rings. The van der Waals surface area contributed by atoms with Crippen molar-refractivity contribution >= 4 is 10.9 Å². The number of aromatic nitrogens is 1. The van der Waals surface area contributed by atoms with Crippen molar-refractivity contribution in [3.63, 3.8) is 0 Å². The van der Waals surface area contributed by atoms with Crippen molar-refractivity contribution in [3.8, 4) is 5.75 Å². The van der Waals surface area contributed by atoms with Crippen molar-refractivity contribution in [3.05, 3.63) is 76.1 Å². The number of ether oxygens (including phenoxy) is 2. The number of fused-ring (bicyclic) bond motifs is 1. The monoisotopic (exact) mass is 474 g/mol. The van der Waals surface area contributed by atoms with Gasteiger partial charge in [-0.1, -0.05) is 49.2 Å². The molecule has 0 spiro atoms. The summed E-state index contributed by atoms with van der Waals surface area (Å²) in [5, 5.41) is 14.2. The van der Waals surface area contributed by atoms with Gasteiger partial charge in [-0.15, -0.1) is 0 Å². The molecule has 0 aliphatic rings.